The van der Waals surface area contributed by atoms with Crippen LogP contribution >= 0.6 is 0 Å². The first-order valence-electron chi connectivity index (χ1n) is 10.2. The van der Waals surface area contributed by atoms with Gasteiger partial charge in [0, 0.05) is 0 Å². The molecule has 0 radical (unpaired) electrons. The minimum Gasteiger partial charge on any atom is -0.495 e. The van der Waals surface area contributed by atoms with Gasteiger partial charge in [0.05, 0.1) is 24.8 Å². The summed E-state index contributed by atoms with van der Waals surface area (Å²) in [5.41, 5.74) is -0.215. The van der Waals surface area contributed by atoms with Crippen LogP contribution in [0, 0.1) is 17.3 Å². The molecule has 152 valence electrons. The summed E-state index contributed by atoms with van der Waals surface area (Å²) in [5, 5.41) is 13.6. The highest BCUT2D eigenvalue weighted by Crippen LogP contribution is 2.62. The molecule has 1 amide bonds. The van der Waals surface area contributed by atoms with Crippen LogP contribution in [0.25, 0.3) is 0 Å². The zero-order valence-electron chi connectivity index (χ0n) is 16.6. The molecule has 6 heteroatoms. The smallest absolute Gasteiger partial charge is 0.307 e. The lowest BCUT2D eigenvalue weighted by atomic mass is 9.47. The highest BCUT2D eigenvalue weighted by Gasteiger charge is 2.57. The standard InChI is InChI=1S/C22H29NO5/c1-14(20(25)23-17-5-3-4-6-18(17)27-2)28-19(24)12-21-8-15-7-16(9-21)11-22(26,10-15)13-21/h3-6,14-16,26H,7-13H2,1-2H3,(H,23,25)/t14-,15-,16+,21?,22?/m0/s1. The Hall–Kier alpha value is -2.08. The quantitative estimate of drug-likeness (QED) is 0.732. The summed E-state index contributed by atoms with van der Waals surface area (Å²) in [5.74, 6) is 0.849. The van der Waals surface area contributed by atoms with Crippen LogP contribution in [0.5, 0.6) is 5.75 Å². The number of methoxy groups -OCH3 is 1. The van der Waals surface area contributed by atoms with Crippen LogP contribution in [0.1, 0.15) is 51.9 Å². The molecule has 0 aliphatic heterocycles. The lowest BCUT2D eigenvalue weighted by Gasteiger charge is -2.60. The first-order valence-corrected chi connectivity index (χ1v) is 10.2. The highest BCUT2D eigenvalue weighted by molar-refractivity contribution is 5.96. The second-order valence-corrected chi connectivity index (χ2v) is 9.18. The van der Waals surface area contributed by atoms with Crippen LogP contribution < -0.4 is 10.1 Å². The number of para-hydroxylation sites is 2. The van der Waals surface area contributed by atoms with Gasteiger partial charge in [0.15, 0.2) is 6.10 Å². The van der Waals surface area contributed by atoms with Crippen molar-refractivity contribution < 1.29 is 24.2 Å². The van der Waals surface area contributed by atoms with Gasteiger partial charge in [-0.05, 0) is 74.8 Å². The zero-order chi connectivity index (χ0) is 19.9. The van der Waals surface area contributed by atoms with E-state index in [-0.39, 0.29) is 23.7 Å². The summed E-state index contributed by atoms with van der Waals surface area (Å²) in [6.07, 6.45) is 4.98. The molecule has 4 saturated carbocycles. The van der Waals surface area contributed by atoms with Gasteiger partial charge in [0.25, 0.3) is 5.91 Å². The summed E-state index contributed by atoms with van der Waals surface area (Å²) in [7, 11) is 1.54. The van der Waals surface area contributed by atoms with Crippen LogP contribution in [0.15, 0.2) is 24.3 Å². The van der Waals surface area contributed by atoms with Crippen molar-refractivity contribution in [3.05, 3.63) is 24.3 Å². The topological polar surface area (TPSA) is 84.9 Å². The van der Waals surface area contributed by atoms with E-state index < -0.39 is 11.7 Å². The molecule has 1 aromatic rings. The number of hydrogen-bond acceptors (Lipinski definition) is 5. The molecule has 1 aromatic carbocycles. The number of rotatable bonds is 6. The van der Waals surface area contributed by atoms with E-state index in [0.717, 1.165) is 25.7 Å². The second kappa shape index (κ2) is 7.07. The number of carbonyl (C=O) groups excluding carboxylic acids is 2. The molecule has 5 atom stereocenters. The van der Waals surface area contributed by atoms with Crippen molar-refractivity contribution in [3.8, 4) is 5.75 Å². The van der Waals surface area contributed by atoms with Gasteiger partial charge in [-0.3, -0.25) is 9.59 Å². The van der Waals surface area contributed by atoms with Crippen molar-refractivity contribution >= 4 is 17.6 Å². The molecule has 4 fully saturated rings. The van der Waals surface area contributed by atoms with Gasteiger partial charge in [-0.1, -0.05) is 12.1 Å². The van der Waals surface area contributed by atoms with Crippen LogP contribution in [-0.2, 0) is 14.3 Å². The second-order valence-electron chi connectivity index (χ2n) is 9.18. The van der Waals surface area contributed by atoms with Gasteiger partial charge < -0.3 is 19.9 Å². The molecule has 4 aliphatic carbocycles. The number of esters is 1. The molecular weight excluding hydrogens is 358 g/mol. The van der Waals surface area contributed by atoms with Crippen molar-refractivity contribution in [2.24, 2.45) is 17.3 Å². The van der Waals surface area contributed by atoms with E-state index in [1.165, 1.54) is 13.5 Å². The third-order valence-electron chi connectivity index (χ3n) is 6.71. The minimum absolute atomic E-state index is 0.158. The maximum Gasteiger partial charge on any atom is 0.307 e. The summed E-state index contributed by atoms with van der Waals surface area (Å²) < 4.78 is 10.7. The number of anilines is 1. The van der Waals surface area contributed by atoms with Gasteiger partial charge in [0.1, 0.15) is 5.75 Å². The maximum atomic E-state index is 12.6. The molecule has 2 N–H and O–H groups in total. The Morgan fingerprint density at radius 2 is 1.89 bits per heavy atom. The highest BCUT2D eigenvalue weighted by atomic mass is 16.5. The van der Waals surface area contributed by atoms with Crippen molar-refractivity contribution in [3.63, 3.8) is 0 Å². The number of aliphatic hydroxyl groups is 1. The monoisotopic (exact) mass is 387 g/mol. The summed E-state index contributed by atoms with van der Waals surface area (Å²) >= 11 is 0. The summed E-state index contributed by atoms with van der Waals surface area (Å²) in [6, 6.07) is 7.11. The SMILES string of the molecule is COc1ccccc1NC(=O)[C@H](C)OC(=O)CC12C[C@@H]3C[C@@H](CC(O)(C3)C1)C2. The molecule has 28 heavy (non-hydrogen) atoms. The molecule has 0 aromatic heterocycles. The molecule has 5 rings (SSSR count). The molecule has 2 unspecified atom stereocenters. The fourth-order valence-corrected chi connectivity index (χ4v) is 6.19. The van der Waals surface area contributed by atoms with E-state index in [2.05, 4.69) is 5.32 Å². The first kappa shape index (κ1) is 19.2. The van der Waals surface area contributed by atoms with Crippen LogP contribution in [0.2, 0.25) is 0 Å². The lowest BCUT2D eigenvalue weighted by molar-refractivity contribution is -0.179. The number of amides is 1. The average Bonchev–Trinajstić information content (AvgIpc) is 2.59. The van der Waals surface area contributed by atoms with Crippen molar-refractivity contribution in [1.29, 1.82) is 0 Å². The number of carbonyl (C=O) groups is 2. The minimum atomic E-state index is -0.894. The van der Waals surface area contributed by atoms with Gasteiger partial charge in [-0.25, -0.2) is 0 Å². The van der Waals surface area contributed by atoms with E-state index >= 15 is 0 Å². The Labute approximate surface area is 165 Å². The summed E-state index contributed by atoms with van der Waals surface area (Å²) in [6.45, 7) is 1.58. The van der Waals surface area contributed by atoms with Crippen LogP contribution in [0.3, 0.4) is 0 Å². The third-order valence-corrected chi connectivity index (χ3v) is 6.71. The summed E-state index contributed by atoms with van der Waals surface area (Å²) in [4.78, 5) is 25.1. The number of hydrogen-bond donors (Lipinski definition) is 2. The number of ether oxygens (including phenoxy) is 2. The average molecular weight is 387 g/mol. The van der Waals surface area contributed by atoms with E-state index in [1.54, 1.807) is 25.1 Å². The van der Waals surface area contributed by atoms with Crippen molar-refractivity contribution in [1.82, 2.24) is 0 Å². The van der Waals surface area contributed by atoms with Gasteiger partial charge in [0.2, 0.25) is 0 Å². The van der Waals surface area contributed by atoms with Crippen molar-refractivity contribution in [2.75, 3.05) is 12.4 Å². The Balaban J connectivity index is 1.35. The van der Waals surface area contributed by atoms with Gasteiger partial charge >= 0.3 is 5.97 Å². The fraction of sp³-hybridized carbons (Fsp3) is 0.636. The van der Waals surface area contributed by atoms with Gasteiger partial charge in [-0.15, -0.1) is 0 Å². The van der Waals surface area contributed by atoms with Crippen LogP contribution in [0.4, 0.5) is 5.69 Å². The molecule has 0 heterocycles. The molecule has 6 nitrogen and oxygen atoms in total. The molecule has 4 aliphatic rings. The third kappa shape index (κ3) is 3.75. The van der Waals surface area contributed by atoms with Crippen LogP contribution in [-0.4, -0.2) is 35.8 Å². The molecular formula is C22H29NO5. The Bertz CT molecular complexity index is 762. The molecule has 0 saturated heterocycles. The first-order chi connectivity index (χ1) is 13.3. The number of benzene rings is 1. The van der Waals surface area contributed by atoms with Crippen molar-refractivity contribution in [2.45, 2.75) is 63.6 Å². The predicted octanol–water partition coefficient (Wildman–Crippen LogP) is 3.29. The predicted molar refractivity (Wildman–Crippen MR) is 104 cm³/mol. The van der Waals surface area contributed by atoms with E-state index in [1.807, 2.05) is 6.07 Å². The Morgan fingerprint density at radius 3 is 2.54 bits per heavy atom. The molecule has 0 spiro atoms. The largest absolute Gasteiger partial charge is 0.495 e. The lowest BCUT2D eigenvalue weighted by Crippen LogP contribution is -2.56. The zero-order valence-corrected chi connectivity index (χ0v) is 16.6. The van der Waals surface area contributed by atoms with E-state index in [9.17, 15) is 14.7 Å². The Kier molecular flexibility index (Phi) is 4.86. The number of nitrogens with one attached hydrogen (secondary N) is 1. The van der Waals surface area contributed by atoms with E-state index in [4.69, 9.17) is 9.47 Å². The normalized spacial score (nSPS) is 34.0. The van der Waals surface area contributed by atoms with E-state index in [0.29, 0.717) is 29.7 Å². The molecule has 4 bridgehead atoms. The fourth-order valence-electron chi connectivity index (χ4n) is 6.19. The van der Waals surface area contributed by atoms with Gasteiger partial charge in [-0.2, -0.15) is 0 Å². The maximum absolute atomic E-state index is 12.6. The Morgan fingerprint density at radius 1 is 1.21 bits per heavy atom.